The average molecular weight is 291 g/mol. The summed E-state index contributed by atoms with van der Waals surface area (Å²) in [4.78, 5) is 13.1. The van der Waals surface area contributed by atoms with E-state index in [2.05, 4.69) is 15.9 Å². The second kappa shape index (κ2) is 4.41. The van der Waals surface area contributed by atoms with Crippen molar-refractivity contribution in [3.63, 3.8) is 0 Å². The van der Waals surface area contributed by atoms with Gasteiger partial charge in [-0.15, -0.1) is 0 Å². The lowest BCUT2D eigenvalue weighted by Gasteiger charge is -2.12. The van der Waals surface area contributed by atoms with Gasteiger partial charge in [0.15, 0.2) is 0 Å². The van der Waals surface area contributed by atoms with Crippen LogP contribution in [0.25, 0.3) is 0 Å². The quantitative estimate of drug-likeness (QED) is 0.784. The number of cyclic esters (lactones) is 1. The number of halogens is 2. The molecule has 1 aromatic carbocycles. The van der Waals surface area contributed by atoms with E-state index in [0.717, 1.165) is 5.69 Å². The first-order valence-corrected chi connectivity index (χ1v) is 6.00. The number of hydrogen-bond acceptors (Lipinski definition) is 2. The Bertz CT molecular complexity index is 385. The maximum atomic E-state index is 11.5. The summed E-state index contributed by atoms with van der Waals surface area (Å²) in [5.74, 6) is 0. The van der Waals surface area contributed by atoms with E-state index in [1.807, 2.05) is 12.1 Å². The van der Waals surface area contributed by atoms with Crippen LogP contribution < -0.4 is 4.90 Å². The molecule has 1 fully saturated rings. The van der Waals surface area contributed by atoms with Crippen LogP contribution in [0, 0.1) is 0 Å². The van der Waals surface area contributed by atoms with Crippen molar-refractivity contribution >= 4 is 39.3 Å². The van der Waals surface area contributed by atoms with Crippen LogP contribution in [0.4, 0.5) is 10.5 Å². The van der Waals surface area contributed by atoms with E-state index in [1.54, 1.807) is 17.0 Å². The van der Waals surface area contributed by atoms with Gasteiger partial charge in [0.1, 0.15) is 6.10 Å². The van der Waals surface area contributed by atoms with E-state index in [4.69, 9.17) is 16.3 Å². The lowest BCUT2D eigenvalue weighted by Crippen LogP contribution is -2.24. The summed E-state index contributed by atoms with van der Waals surface area (Å²) < 4.78 is 5.11. The molecule has 0 N–H and O–H groups in total. The van der Waals surface area contributed by atoms with Gasteiger partial charge in [-0.05, 0) is 18.2 Å². The van der Waals surface area contributed by atoms with Gasteiger partial charge in [-0.3, -0.25) is 4.90 Å². The molecule has 0 saturated carbocycles. The maximum Gasteiger partial charge on any atom is 0.414 e. The predicted molar refractivity (Wildman–Crippen MR) is 62.9 cm³/mol. The summed E-state index contributed by atoms with van der Waals surface area (Å²) in [6.45, 7) is 0.560. The zero-order valence-corrected chi connectivity index (χ0v) is 10.2. The first-order chi connectivity index (χ1) is 7.20. The fraction of sp³-hybridized carbons (Fsp3) is 0.300. The van der Waals surface area contributed by atoms with E-state index < -0.39 is 0 Å². The highest BCUT2D eigenvalue weighted by Gasteiger charge is 2.31. The van der Waals surface area contributed by atoms with Crippen molar-refractivity contribution in [1.29, 1.82) is 0 Å². The number of nitrogens with zero attached hydrogens (tertiary/aromatic N) is 1. The van der Waals surface area contributed by atoms with Crippen LogP contribution in [0.3, 0.4) is 0 Å². The highest BCUT2D eigenvalue weighted by molar-refractivity contribution is 9.09. The molecule has 1 aliphatic rings. The predicted octanol–water partition coefficient (Wildman–Crippen LogP) is 3.06. The van der Waals surface area contributed by atoms with Crippen molar-refractivity contribution in [2.75, 3.05) is 16.8 Å². The fourth-order valence-corrected chi connectivity index (χ4v) is 1.98. The van der Waals surface area contributed by atoms with Gasteiger partial charge in [0.2, 0.25) is 0 Å². The number of carbonyl (C=O) groups excluding carboxylic acids is 1. The zero-order valence-electron chi connectivity index (χ0n) is 7.82. The number of alkyl halides is 1. The van der Waals surface area contributed by atoms with Crippen molar-refractivity contribution in [3.05, 3.63) is 29.3 Å². The second-order valence-corrected chi connectivity index (χ2v) is 4.33. The number of amides is 1. The molecule has 15 heavy (non-hydrogen) atoms. The topological polar surface area (TPSA) is 29.5 Å². The summed E-state index contributed by atoms with van der Waals surface area (Å²) in [6, 6.07) is 7.17. The average Bonchev–Trinajstić information content (AvgIpc) is 2.60. The van der Waals surface area contributed by atoms with E-state index in [0.29, 0.717) is 16.9 Å². The van der Waals surface area contributed by atoms with E-state index >= 15 is 0 Å². The molecular weight excluding hydrogens is 281 g/mol. The molecule has 0 radical (unpaired) electrons. The molecule has 0 aliphatic carbocycles. The summed E-state index contributed by atoms with van der Waals surface area (Å²) >= 11 is 9.14. The molecule has 1 saturated heterocycles. The molecular formula is C10H9BrClNO2. The van der Waals surface area contributed by atoms with Crippen LogP contribution in [0.1, 0.15) is 0 Å². The Hall–Kier alpha value is -0.740. The van der Waals surface area contributed by atoms with Crippen molar-refractivity contribution in [3.8, 4) is 0 Å². The number of benzene rings is 1. The van der Waals surface area contributed by atoms with Gasteiger partial charge < -0.3 is 4.74 Å². The first kappa shape index (κ1) is 10.8. The Morgan fingerprint density at radius 3 is 3.00 bits per heavy atom. The number of anilines is 1. The molecule has 1 aliphatic heterocycles. The lowest BCUT2D eigenvalue weighted by molar-refractivity contribution is 0.152. The fourth-order valence-electron chi connectivity index (χ4n) is 1.46. The third-order valence-electron chi connectivity index (χ3n) is 2.17. The molecule has 0 bridgehead atoms. The minimum Gasteiger partial charge on any atom is -0.443 e. The standard InChI is InChI=1S/C10H9BrClNO2/c11-5-9-6-13(10(14)15-9)8-3-1-2-7(12)4-8/h1-4,9H,5-6H2. The van der Waals surface area contributed by atoms with E-state index in [1.165, 1.54) is 0 Å². The number of ether oxygens (including phenoxy) is 1. The minimum atomic E-state index is -0.318. The van der Waals surface area contributed by atoms with Gasteiger partial charge in [0.05, 0.1) is 6.54 Å². The summed E-state index contributed by atoms with van der Waals surface area (Å²) in [7, 11) is 0. The third-order valence-corrected chi connectivity index (χ3v) is 3.12. The third kappa shape index (κ3) is 2.26. The van der Waals surface area contributed by atoms with Crippen LogP contribution in [0.15, 0.2) is 24.3 Å². The Labute approximate surface area is 101 Å². The molecule has 1 amide bonds. The van der Waals surface area contributed by atoms with Crippen LogP contribution in [-0.2, 0) is 4.74 Å². The normalized spacial score (nSPS) is 20.5. The van der Waals surface area contributed by atoms with Crippen molar-refractivity contribution in [2.24, 2.45) is 0 Å². The second-order valence-electron chi connectivity index (χ2n) is 3.25. The monoisotopic (exact) mass is 289 g/mol. The van der Waals surface area contributed by atoms with E-state index in [9.17, 15) is 4.79 Å². The van der Waals surface area contributed by atoms with Crippen molar-refractivity contribution in [1.82, 2.24) is 0 Å². The molecule has 1 unspecified atom stereocenters. The van der Waals surface area contributed by atoms with Gasteiger partial charge in [-0.25, -0.2) is 4.79 Å². The lowest BCUT2D eigenvalue weighted by atomic mass is 10.3. The molecule has 80 valence electrons. The number of hydrogen-bond donors (Lipinski definition) is 0. The minimum absolute atomic E-state index is 0.0866. The molecule has 1 heterocycles. The van der Waals surface area contributed by atoms with Crippen LogP contribution >= 0.6 is 27.5 Å². The number of carbonyl (C=O) groups is 1. The highest BCUT2D eigenvalue weighted by atomic mass is 79.9. The maximum absolute atomic E-state index is 11.5. The van der Waals surface area contributed by atoms with Crippen LogP contribution in [0.5, 0.6) is 0 Å². The molecule has 1 aromatic rings. The Morgan fingerprint density at radius 1 is 1.60 bits per heavy atom. The molecule has 1 atom stereocenters. The summed E-state index contributed by atoms with van der Waals surface area (Å²) in [6.07, 6.45) is -0.404. The highest BCUT2D eigenvalue weighted by Crippen LogP contribution is 2.24. The van der Waals surface area contributed by atoms with Crippen molar-refractivity contribution in [2.45, 2.75) is 6.10 Å². The van der Waals surface area contributed by atoms with Gasteiger partial charge in [0, 0.05) is 16.0 Å². The first-order valence-electron chi connectivity index (χ1n) is 4.50. The SMILES string of the molecule is O=C1OC(CBr)CN1c1cccc(Cl)c1. The summed E-state index contributed by atoms with van der Waals surface area (Å²) in [5, 5.41) is 1.26. The van der Waals surface area contributed by atoms with Gasteiger partial charge >= 0.3 is 6.09 Å². The number of rotatable bonds is 2. The Morgan fingerprint density at radius 2 is 2.40 bits per heavy atom. The van der Waals surface area contributed by atoms with Gasteiger partial charge in [-0.1, -0.05) is 33.6 Å². The molecule has 0 aromatic heterocycles. The summed E-state index contributed by atoms with van der Waals surface area (Å²) in [5.41, 5.74) is 0.774. The Balaban J connectivity index is 2.21. The largest absolute Gasteiger partial charge is 0.443 e. The molecule has 0 spiro atoms. The van der Waals surface area contributed by atoms with Crippen LogP contribution in [-0.4, -0.2) is 24.1 Å². The smallest absolute Gasteiger partial charge is 0.414 e. The zero-order chi connectivity index (χ0) is 10.8. The van der Waals surface area contributed by atoms with Crippen LogP contribution in [0.2, 0.25) is 5.02 Å². The molecule has 5 heteroatoms. The molecule has 2 rings (SSSR count). The van der Waals surface area contributed by atoms with Gasteiger partial charge in [-0.2, -0.15) is 0 Å². The van der Waals surface area contributed by atoms with E-state index in [-0.39, 0.29) is 12.2 Å². The van der Waals surface area contributed by atoms with Gasteiger partial charge in [0.25, 0.3) is 0 Å². The van der Waals surface area contributed by atoms with Crippen molar-refractivity contribution < 1.29 is 9.53 Å². The molecule has 3 nitrogen and oxygen atoms in total. The Kier molecular flexibility index (Phi) is 3.17.